The maximum absolute atomic E-state index is 6.12. The van der Waals surface area contributed by atoms with Crippen LogP contribution in [0.4, 0.5) is 5.13 Å². The molecule has 0 spiro atoms. The van der Waals surface area contributed by atoms with Crippen LogP contribution < -0.4 is 10.6 Å². The number of hydrogen-bond acceptors (Lipinski definition) is 10. The van der Waals surface area contributed by atoms with E-state index in [2.05, 4.69) is 74.0 Å². The van der Waals surface area contributed by atoms with Crippen molar-refractivity contribution in [2.45, 2.75) is 19.7 Å². The zero-order valence-electron chi connectivity index (χ0n) is 18.2. The lowest BCUT2D eigenvalue weighted by Gasteiger charge is -2.36. The van der Waals surface area contributed by atoms with Gasteiger partial charge in [-0.15, -0.1) is 11.3 Å². The lowest BCUT2D eigenvalue weighted by Crippen LogP contribution is -2.55. The van der Waals surface area contributed by atoms with Crippen molar-refractivity contribution in [2.75, 3.05) is 38.5 Å². The lowest BCUT2D eigenvalue weighted by atomic mass is 10.0. The highest BCUT2D eigenvalue weighted by molar-refractivity contribution is 7.23. The number of rotatable bonds is 4. The van der Waals surface area contributed by atoms with Crippen molar-refractivity contribution in [1.82, 2.24) is 20.1 Å². The number of anilines is 1. The van der Waals surface area contributed by atoms with Crippen molar-refractivity contribution >= 4 is 39.7 Å². The zero-order valence-corrected chi connectivity index (χ0v) is 19.8. The average Bonchev–Trinajstić information content (AvgIpc) is 3.48. The van der Waals surface area contributed by atoms with Crippen molar-refractivity contribution in [3.05, 3.63) is 47.7 Å². The van der Waals surface area contributed by atoms with Gasteiger partial charge in [0.2, 0.25) is 11.9 Å². The summed E-state index contributed by atoms with van der Waals surface area (Å²) in [6.45, 7) is 5.99. The largest absolute Gasteiger partial charge is 0.449 e. The normalized spacial score (nSPS) is 23.8. The van der Waals surface area contributed by atoms with Crippen molar-refractivity contribution in [3.8, 4) is 9.75 Å². The van der Waals surface area contributed by atoms with E-state index >= 15 is 0 Å². The maximum atomic E-state index is 6.12. The molecule has 0 bridgehead atoms. The Morgan fingerprint density at radius 2 is 2.06 bits per heavy atom. The molecule has 2 aromatic rings. The Bertz CT molecular complexity index is 1050. The van der Waals surface area contributed by atoms with Crippen LogP contribution >= 0.6 is 22.7 Å². The van der Waals surface area contributed by atoms with Gasteiger partial charge in [0.25, 0.3) is 6.35 Å². The highest BCUT2D eigenvalue weighted by atomic mass is 32.1. The Morgan fingerprint density at radius 3 is 2.81 bits per heavy atom. The molecule has 1 saturated heterocycles. The molecule has 0 amide bonds. The zero-order chi connectivity index (χ0) is 21.9. The monoisotopic (exact) mass is 469 g/mol. The minimum absolute atomic E-state index is 0.531. The smallest absolute Gasteiger partial charge is 0.293 e. The fourth-order valence-corrected chi connectivity index (χ4v) is 5.23. The summed E-state index contributed by atoms with van der Waals surface area (Å²) in [5.74, 6) is 2.72. The molecule has 4 heterocycles. The Labute approximate surface area is 196 Å². The number of thiazole rings is 1. The molecule has 32 heavy (non-hydrogen) atoms. The number of nitrogens with zero attached hydrogens (tertiary/aromatic N) is 5. The van der Waals surface area contributed by atoms with E-state index in [-0.39, 0.29) is 0 Å². The van der Waals surface area contributed by atoms with E-state index in [4.69, 9.17) is 9.73 Å². The summed E-state index contributed by atoms with van der Waals surface area (Å²) in [6.07, 6.45) is 8.49. The van der Waals surface area contributed by atoms with Crippen LogP contribution in [0.1, 0.15) is 13.3 Å². The number of allylic oxidation sites excluding steroid dienone is 3. The van der Waals surface area contributed by atoms with Crippen molar-refractivity contribution in [1.29, 1.82) is 0 Å². The molecule has 5 rings (SSSR count). The molecular weight excluding hydrogens is 442 g/mol. The quantitative estimate of drug-likeness (QED) is 0.712. The third-order valence-electron chi connectivity index (χ3n) is 5.52. The third-order valence-corrected chi connectivity index (χ3v) is 7.50. The molecule has 0 radical (unpaired) electrons. The van der Waals surface area contributed by atoms with E-state index < -0.39 is 6.35 Å². The SMILES string of the molecule is CC1C=CC(OC2N=C(Nc3ncc(-c4cccs4)s3)NC(N3CCN(C)CC3)=N2)=CC1. The summed E-state index contributed by atoms with van der Waals surface area (Å²) < 4.78 is 6.12. The van der Waals surface area contributed by atoms with Crippen molar-refractivity contribution in [3.63, 3.8) is 0 Å². The first-order chi connectivity index (χ1) is 15.6. The minimum atomic E-state index is -0.644. The summed E-state index contributed by atoms with van der Waals surface area (Å²) in [4.78, 5) is 20.9. The first-order valence-corrected chi connectivity index (χ1v) is 12.5. The molecule has 2 aromatic heterocycles. The first-order valence-electron chi connectivity index (χ1n) is 10.8. The molecule has 168 valence electrons. The van der Waals surface area contributed by atoms with E-state index in [1.807, 2.05) is 12.3 Å². The number of hydrogen-bond donors (Lipinski definition) is 2. The molecule has 1 fully saturated rings. The van der Waals surface area contributed by atoms with Gasteiger partial charge in [-0.3, -0.25) is 5.32 Å². The Hall–Kier alpha value is -2.69. The molecule has 1 aliphatic carbocycles. The number of ether oxygens (including phenoxy) is 1. The summed E-state index contributed by atoms with van der Waals surface area (Å²) in [6, 6.07) is 4.15. The van der Waals surface area contributed by atoms with Gasteiger partial charge < -0.3 is 19.9 Å². The summed E-state index contributed by atoms with van der Waals surface area (Å²) in [7, 11) is 2.14. The van der Waals surface area contributed by atoms with E-state index in [1.165, 1.54) is 4.88 Å². The number of nitrogens with one attached hydrogen (secondary N) is 2. The summed E-state index contributed by atoms with van der Waals surface area (Å²) in [5.41, 5.74) is 0. The van der Waals surface area contributed by atoms with Gasteiger partial charge in [0.05, 0.1) is 4.88 Å². The number of aromatic nitrogens is 1. The topological polar surface area (TPSA) is 77.4 Å². The van der Waals surface area contributed by atoms with Crippen LogP contribution in [0.2, 0.25) is 0 Å². The molecule has 0 aromatic carbocycles. The second-order valence-electron chi connectivity index (χ2n) is 8.10. The van der Waals surface area contributed by atoms with Crippen LogP contribution in [0.3, 0.4) is 0 Å². The third kappa shape index (κ3) is 5.03. The highest BCUT2D eigenvalue weighted by Gasteiger charge is 2.25. The lowest BCUT2D eigenvalue weighted by molar-refractivity contribution is 0.133. The molecule has 0 saturated carbocycles. The summed E-state index contributed by atoms with van der Waals surface area (Å²) >= 11 is 3.31. The van der Waals surface area contributed by atoms with Crippen molar-refractivity contribution in [2.24, 2.45) is 15.9 Å². The van der Waals surface area contributed by atoms with E-state index in [0.29, 0.717) is 11.9 Å². The van der Waals surface area contributed by atoms with Gasteiger partial charge in [0, 0.05) is 37.3 Å². The van der Waals surface area contributed by atoms with E-state index in [9.17, 15) is 0 Å². The van der Waals surface area contributed by atoms with Crippen LogP contribution in [0, 0.1) is 5.92 Å². The number of likely N-dealkylation sites (N-methyl/N-ethyl adjacent to an activating group) is 1. The van der Waals surface area contributed by atoms with Gasteiger partial charge in [0.15, 0.2) is 5.13 Å². The van der Waals surface area contributed by atoms with Gasteiger partial charge in [-0.1, -0.05) is 30.4 Å². The standard InChI is InChI=1S/C22H27N7OS2/c1-15-5-7-16(8-6-15)30-21-25-19(24-20(27-21)29-11-9-28(2)10-12-29)26-22-23-14-18(32-22)17-4-3-13-31-17/h3-5,7-8,13-15,21H,6,9-12H2,1-2H3,(H2,23,24,25,26,27). The van der Waals surface area contributed by atoms with Gasteiger partial charge in [-0.05, 0) is 43.0 Å². The maximum Gasteiger partial charge on any atom is 0.293 e. The fraction of sp³-hybridized carbons (Fsp3) is 0.409. The van der Waals surface area contributed by atoms with Gasteiger partial charge in [-0.2, -0.15) is 9.98 Å². The van der Waals surface area contributed by atoms with Gasteiger partial charge >= 0.3 is 0 Å². The average molecular weight is 470 g/mol. The minimum Gasteiger partial charge on any atom is -0.449 e. The van der Waals surface area contributed by atoms with Crippen LogP contribution in [0.15, 0.2) is 57.7 Å². The summed E-state index contributed by atoms with van der Waals surface area (Å²) in [5, 5.41) is 9.54. The number of piperazine rings is 1. The van der Waals surface area contributed by atoms with E-state index in [1.54, 1.807) is 22.7 Å². The molecule has 2 N–H and O–H groups in total. The Kier molecular flexibility index (Phi) is 6.24. The molecule has 10 heteroatoms. The predicted octanol–water partition coefficient (Wildman–Crippen LogP) is 3.63. The molecule has 2 atom stereocenters. The van der Waals surface area contributed by atoms with Crippen molar-refractivity contribution < 1.29 is 4.74 Å². The molecular formula is C22H27N7OS2. The fourth-order valence-electron chi connectivity index (χ4n) is 3.59. The van der Waals surface area contributed by atoms with Crippen LogP contribution in [0.25, 0.3) is 9.75 Å². The van der Waals surface area contributed by atoms with E-state index in [0.717, 1.165) is 54.3 Å². The van der Waals surface area contributed by atoms with Gasteiger partial charge in [-0.25, -0.2) is 4.98 Å². The number of guanidine groups is 2. The second kappa shape index (κ2) is 9.43. The molecule has 8 nitrogen and oxygen atoms in total. The van der Waals surface area contributed by atoms with Crippen LogP contribution in [0.5, 0.6) is 0 Å². The first kappa shape index (κ1) is 21.2. The molecule has 2 aliphatic heterocycles. The number of thiophene rings is 1. The Morgan fingerprint density at radius 1 is 1.19 bits per heavy atom. The molecule has 2 unspecified atom stereocenters. The highest BCUT2D eigenvalue weighted by Crippen LogP contribution is 2.32. The van der Waals surface area contributed by atoms with Crippen LogP contribution in [-0.2, 0) is 4.74 Å². The number of aliphatic imine (C=N–C) groups is 2. The molecule has 3 aliphatic rings. The predicted molar refractivity (Wildman–Crippen MR) is 132 cm³/mol. The van der Waals surface area contributed by atoms with Crippen LogP contribution in [-0.4, -0.2) is 66.3 Å². The second-order valence-corrected chi connectivity index (χ2v) is 10.1. The van der Waals surface area contributed by atoms with Gasteiger partial charge in [0.1, 0.15) is 5.76 Å². The Balaban J connectivity index is 1.33.